The highest BCUT2D eigenvalue weighted by Gasteiger charge is 2.41. The van der Waals surface area contributed by atoms with Gasteiger partial charge in [0.1, 0.15) is 5.82 Å². The van der Waals surface area contributed by atoms with Gasteiger partial charge in [-0.3, -0.25) is 0 Å². The highest BCUT2D eigenvalue weighted by molar-refractivity contribution is 9.10. The first-order valence-electron chi connectivity index (χ1n) is 6.77. The summed E-state index contributed by atoms with van der Waals surface area (Å²) in [6, 6.07) is 3.20. The van der Waals surface area contributed by atoms with Crippen LogP contribution in [0.3, 0.4) is 0 Å². The van der Waals surface area contributed by atoms with Gasteiger partial charge in [-0.25, -0.2) is 4.39 Å². The van der Waals surface area contributed by atoms with E-state index >= 15 is 0 Å². The van der Waals surface area contributed by atoms with E-state index in [1.807, 2.05) is 0 Å². The molecule has 0 N–H and O–H groups in total. The minimum atomic E-state index is -1.79. The molecule has 0 radical (unpaired) electrons. The van der Waals surface area contributed by atoms with Gasteiger partial charge in [-0.2, -0.15) is 0 Å². The Labute approximate surface area is 124 Å². The van der Waals surface area contributed by atoms with Gasteiger partial charge >= 0.3 is 0 Å². The Kier molecular flexibility index (Phi) is 3.98. The third kappa shape index (κ3) is 2.95. The van der Waals surface area contributed by atoms with Gasteiger partial charge in [0.25, 0.3) is 0 Å². The minimum absolute atomic E-state index is 0.117. The Hall–Kier alpha value is -0.193. The molecule has 0 heterocycles. The number of rotatable bonds is 2. The minimum Gasteiger partial charge on any atom is -0.410 e. The molecule has 1 aromatic carbocycles. The van der Waals surface area contributed by atoms with Crippen molar-refractivity contribution in [2.24, 2.45) is 0 Å². The van der Waals surface area contributed by atoms with E-state index in [2.05, 4.69) is 49.8 Å². The lowest BCUT2D eigenvalue weighted by Crippen LogP contribution is -2.41. The average molecular weight is 345 g/mol. The van der Waals surface area contributed by atoms with Gasteiger partial charge in [-0.15, -0.1) is 0 Å². The highest BCUT2D eigenvalue weighted by Crippen LogP contribution is 2.45. The standard InChI is InChI=1S/C15H22BrFOSi/c1-15(2,3)19(4,5)18-13-7-6-10-8-11(17)9-12(16)14(10)13/h8-9,13H,6-7H2,1-5H3. The number of hydrogen-bond donors (Lipinski definition) is 0. The molecule has 4 heteroatoms. The number of fused-ring (bicyclic) bond motifs is 1. The van der Waals surface area contributed by atoms with Crippen molar-refractivity contribution >= 4 is 24.2 Å². The number of aryl methyl sites for hydroxylation is 1. The van der Waals surface area contributed by atoms with E-state index in [0.29, 0.717) is 0 Å². The third-order valence-electron chi connectivity index (χ3n) is 4.42. The number of hydrogen-bond acceptors (Lipinski definition) is 1. The van der Waals surface area contributed by atoms with Crippen LogP contribution in [0.4, 0.5) is 4.39 Å². The molecule has 1 aliphatic carbocycles. The normalized spacial score (nSPS) is 19.6. The lowest BCUT2D eigenvalue weighted by atomic mass is 10.1. The van der Waals surface area contributed by atoms with Crippen LogP contribution in [0.2, 0.25) is 18.1 Å². The fourth-order valence-corrected chi connectivity index (χ4v) is 4.32. The third-order valence-corrected chi connectivity index (χ3v) is 9.56. The fourth-order valence-electron chi connectivity index (χ4n) is 2.29. The van der Waals surface area contributed by atoms with E-state index in [1.54, 1.807) is 12.1 Å². The summed E-state index contributed by atoms with van der Waals surface area (Å²) < 4.78 is 20.8. The average Bonchev–Trinajstić information content (AvgIpc) is 2.58. The lowest BCUT2D eigenvalue weighted by Gasteiger charge is -2.38. The van der Waals surface area contributed by atoms with E-state index in [4.69, 9.17) is 4.43 Å². The zero-order chi connectivity index (χ0) is 14.4. The molecule has 1 nitrogen and oxygen atoms in total. The molecule has 0 spiro atoms. The molecule has 1 aliphatic rings. The van der Waals surface area contributed by atoms with Crippen molar-refractivity contribution in [3.63, 3.8) is 0 Å². The zero-order valence-electron chi connectivity index (χ0n) is 12.3. The van der Waals surface area contributed by atoms with Crippen LogP contribution in [0.1, 0.15) is 44.4 Å². The molecule has 1 aromatic rings. The van der Waals surface area contributed by atoms with Crippen LogP contribution >= 0.6 is 15.9 Å². The molecule has 0 amide bonds. The lowest BCUT2D eigenvalue weighted by molar-refractivity contribution is 0.184. The summed E-state index contributed by atoms with van der Waals surface area (Å²) in [4.78, 5) is 0. The summed E-state index contributed by atoms with van der Waals surface area (Å²) in [6.45, 7) is 11.3. The van der Waals surface area contributed by atoms with Gasteiger partial charge in [-0.1, -0.05) is 36.7 Å². The van der Waals surface area contributed by atoms with Crippen LogP contribution < -0.4 is 0 Å². The predicted octanol–water partition coefficient (Wildman–Crippen LogP) is 5.60. The van der Waals surface area contributed by atoms with Crippen LogP contribution in [-0.4, -0.2) is 8.32 Å². The summed E-state index contributed by atoms with van der Waals surface area (Å²) in [5, 5.41) is 0.197. The number of halogens is 2. The second-order valence-corrected chi connectivity index (χ2v) is 12.5. The molecule has 106 valence electrons. The molecule has 0 aliphatic heterocycles. The first-order valence-corrected chi connectivity index (χ1v) is 10.5. The molecule has 0 fully saturated rings. The monoisotopic (exact) mass is 344 g/mol. The van der Waals surface area contributed by atoms with Gasteiger partial charge in [0.05, 0.1) is 6.10 Å². The quantitative estimate of drug-likeness (QED) is 0.634. The molecular weight excluding hydrogens is 323 g/mol. The first kappa shape index (κ1) is 15.2. The topological polar surface area (TPSA) is 9.23 Å². The van der Waals surface area contributed by atoms with Crippen molar-refractivity contribution in [2.75, 3.05) is 0 Å². The van der Waals surface area contributed by atoms with E-state index in [1.165, 1.54) is 0 Å². The highest BCUT2D eigenvalue weighted by atomic mass is 79.9. The van der Waals surface area contributed by atoms with Crippen molar-refractivity contribution in [1.82, 2.24) is 0 Å². The zero-order valence-corrected chi connectivity index (χ0v) is 14.9. The molecular formula is C15H22BrFOSi. The van der Waals surface area contributed by atoms with E-state index in [9.17, 15) is 4.39 Å². The van der Waals surface area contributed by atoms with E-state index < -0.39 is 8.32 Å². The molecule has 0 saturated heterocycles. The van der Waals surface area contributed by atoms with Crippen LogP contribution in [0.5, 0.6) is 0 Å². The maximum Gasteiger partial charge on any atom is 0.192 e. The van der Waals surface area contributed by atoms with Crippen LogP contribution in [-0.2, 0) is 10.8 Å². The molecule has 0 aromatic heterocycles. The van der Waals surface area contributed by atoms with E-state index in [-0.39, 0.29) is 17.0 Å². The molecule has 19 heavy (non-hydrogen) atoms. The van der Waals surface area contributed by atoms with Crippen LogP contribution in [0.15, 0.2) is 16.6 Å². The summed E-state index contributed by atoms with van der Waals surface area (Å²) in [7, 11) is -1.79. The van der Waals surface area contributed by atoms with Gasteiger partial charge in [0.15, 0.2) is 8.32 Å². The predicted molar refractivity (Wildman–Crippen MR) is 83.4 cm³/mol. The Bertz CT molecular complexity index is 494. The van der Waals surface area contributed by atoms with Crippen LogP contribution in [0, 0.1) is 5.82 Å². The Balaban J connectivity index is 2.29. The van der Waals surface area contributed by atoms with E-state index in [0.717, 1.165) is 28.4 Å². The summed E-state index contributed by atoms with van der Waals surface area (Å²) in [5.41, 5.74) is 2.25. The summed E-state index contributed by atoms with van der Waals surface area (Å²) in [6.07, 6.45) is 1.99. The van der Waals surface area contributed by atoms with Crippen molar-refractivity contribution in [3.8, 4) is 0 Å². The van der Waals surface area contributed by atoms with Gasteiger partial charge in [-0.05, 0) is 54.2 Å². The Morgan fingerprint density at radius 2 is 1.95 bits per heavy atom. The first-order chi connectivity index (χ1) is 8.62. The maximum atomic E-state index is 13.4. The molecule has 0 bridgehead atoms. The molecule has 2 rings (SSSR count). The van der Waals surface area contributed by atoms with Crippen molar-refractivity contribution in [2.45, 2.75) is 57.8 Å². The van der Waals surface area contributed by atoms with Crippen molar-refractivity contribution in [1.29, 1.82) is 0 Å². The molecule has 1 unspecified atom stereocenters. The Morgan fingerprint density at radius 1 is 1.32 bits per heavy atom. The Morgan fingerprint density at radius 3 is 2.53 bits per heavy atom. The SMILES string of the molecule is CC(C)(C)[Si](C)(C)OC1CCc2cc(F)cc(Br)c21. The second kappa shape index (κ2) is 4.97. The number of benzene rings is 1. The summed E-state index contributed by atoms with van der Waals surface area (Å²) >= 11 is 3.49. The van der Waals surface area contributed by atoms with Crippen LogP contribution in [0.25, 0.3) is 0 Å². The van der Waals surface area contributed by atoms with Gasteiger partial charge < -0.3 is 4.43 Å². The fraction of sp³-hybridized carbons (Fsp3) is 0.600. The smallest absolute Gasteiger partial charge is 0.192 e. The second-order valence-electron chi connectivity index (χ2n) is 6.87. The molecule has 0 saturated carbocycles. The van der Waals surface area contributed by atoms with Crippen molar-refractivity contribution in [3.05, 3.63) is 33.5 Å². The largest absolute Gasteiger partial charge is 0.410 e. The van der Waals surface area contributed by atoms with Crippen molar-refractivity contribution < 1.29 is 8.82 Å². The molecule has 1 atom stereocenters. The summed E-state index contributed by atoms with van der Waals surface area (Å²) in [5.74, 6) is -0.168. The van der Waals surface area contributed by atoms with Gasteiger partial charge in [0.2, 0.25) is 0 Å². The maximum absolute atomic E-state index is 13.4. The van der Waals surface area contributed by atoms with Gasteiger partial charge in [0, 0.05) is 4.47 Å².